The zero-order valence-electron chi connectivity index (χ0n) is 9.28. The van der Waals surface area contributed by atoms with Crippen molar-refractivity contribution in [1.82, 2.24) is 4.98 Å². The van der Waals surface area contributed by atoms with Crippen LogP contribution in [-0.4, -0.2) is 9.91 Å². The maximum absolute atomic E-state index is 10.7. The fourth-order valence-corrected chi connectivity index (χ4v) is 2.11. The van der Waals surface area contributed by atoms with E-state index in [1.165, 1.54) is 30.2 Å². The molecule has 0 fully saturated rings. The van der Waals surface area contributed by atoms with Crippen LogP contribution in [0.15, 0.2) is 39.0 Å². The van der Waals surface area contributed by atoms with Gasteiger partial charge in [0.2, 0.25) is 0 Å². The average Bonchev–Trinajstić information content (AvgIpc) is 2.74. The normalized spacial score (nSPS) is 10.0. The largest absolute Gasteiger partial charge is 0.439 e. The smallest absolute Gasteiger partial charge is 0.287 e. The minimum atomic E-state index is -0.581. The van der Waals surface area contributed by atoms with Crippen molar-refractivity contribution in [2.45, 2.75) is 17.0 Å². The number of benzene rings is 1. The highest BCUT2D eigenvalue weighted by atomic mass is 32.2. The number of nitriles is 1. The van der Waals surface area contributed by atoms with Gasteiger partial charge in [0.1, 0.15) is 17.9 Å². The van der Waals surface area contributed by atoms with Gasteiger partial charge in [0.05, 0.1) is 10.6 Å². The summed E-state index contributed by atoms with van der Waals surface area (Å²) in [6.45, 7) is 1.80. The van der Waals surface area contributed by atoms with Gasteiger partial charge in [0.25, 0.3) is 10.9 Å². The van der Waals surface area contributed by atoms with Crippen LogP contribution in [-0.2, 0) is 0 Å². The molecule has 1 heterocycles. The maximum atomic E-state index is 10.7. The topological polar surface area (TPSA) is 93.0 Å². The molecular formula is C11H7N3O3S. The predicted octanol–water partition coefficient (Wildman–Crippen LogP) is 2.91. The standard InChI is InChI=1S/C11H7N3O3S/c1-7-6-17-11(13-7)18-9-2-3-10(14(15)16)8(4-9)5-12/h2-4,6H,1H3. The Bertz CT molecular complexity index is 645. The Kier molecular flexibility index (Phi) is 3.30. The van der Waals surface area contributed by atoms with E-state index < -0.39 is 4.92 Å². The summed E-state index contributed by atoms with van der Waals surface area (Å²) < 4.78 is 5.15. The summed E-state index contributed by atoms with van der Waals surface area (Å²) in [7, 11) is 0. The maximum Gasteiger partial charge on any atom is 0.287 e. The van der Waals surface area contributed by atoms with E-state index in [1.54, 1.807) is 19.1 Å². The Hall–Kier alpha value is -2.33. The minimum absolute atomic E-state index is 0.0216. The van der Waals surface area contributed by atoms with Crippen molar-refractivity contribution in [2.75, 3.05) is 0 Å². The lowest BCUT2D eigenvalue weighted by Crippen LogP contribution is -1.92. The van der Waals surface area contributed by atoms with Crippen LogP contribution >= 0.6 is 11.8 Å². The van der Waals surface area contributed by atoms with E-state index in [-0.39, 0.29) is 11.3 Å². The number of nitro benzene ring substituents is 1. The molecule has 0 radical (unpaired) electrons. The lowest BCUT2D eigenvalue weighted by molar-refractivity contribution is -0.385. The van der Waals surface area contributed by atoms with Crippen LogP contribution in [0.1, 0.15) is 11.3 Å². The van der Waals surface area contributed by atoms with E-state index in [9.17, 15) is 10.1 Å². The van der Waals surface area contributed by atoms with Crippen molar-refractivity contribution in [3.8, 4) is 6.07 Å². The second-order valence-electron chi connectivity index (χ2n) is 3.40. The number of nitrogens with zero attached hydrogens (tertiary/aromatic N) is 3. The van der Waals surface area contributed by atoms with E-state index in [0.29, 0.717) is 10.1 Å². The second kappa shape index (κ2) is 4.89. The summed E-state index contributed by atoms with van der Waals surface area (Å²) in [4.78, 5) is 14.9. The van der Waals surface area contributed by atoms with Crippen LogP contribution in [0.5, 0.6) is 0 Å². The third-order valence-electron chi connectivity index (χ3n) is 2.09. The third kappa shape index (κ3) is 2.49. The molecule has 0 aliphatic heterocycles. The number of hydrogen-bond acceptors (Lipinski definition) is 6. The van der Waals surface area contributed by atoms with Crippen molar-refractivity contribution in [2.24, 2.45) is 0 Å². The lowest BCUT2D eigenvalue weighted by Gasteiger charge is -1.98. The zero-order chi connectivity index (χ0) is 13.1. The van der Waals surface area contributed by atoms with Gasteiger partial charge in [0.15, 0.2) is 0 Å². The van der Waals surface area contributed by atoms with Gasteiger partial charge in [-0.25, -0.2) is 4.98 Å². The van der Waals surface area contributed by atoms with Crippen LogP contribution < -0.4 is 0 Å². The second-order valence-corrected chi connectivity index (χ2v) is 4.43. The Morgan fingerprint density at radius 2 is 2.33 bits per heavy atom. The van der Waals surface area contributed by atoms with Crippen molar-refractivity contribution in [3.05, 3.63) is 45.8 Å². The highest BCUT2D eigenvalue weighted by molar-refractivity contribution is 7.99. The summed E-state index contributed by atoms with van der Waals surface area (Å²) in [5, 5.41) is 20.0. The van der Waals surface area contributed by atoms with E-state index in [1.807, 2.05) is 0 Å². The van der Waals surface area contributed by atoms with Crippen molar-refractivity contribution < 1.29 is 9.34 Å². The van der Waals surface area contributed by atoms with Gasteiger partial charge in [-0.05, 0) is 30.8 Å². The van der Waals surface area contributed by atoms with Crippen LogP contribution in [0.3, 0.4) is 0 Å². The van der Waals surface area contributed by atoms with Crippen LogP contribution in [0.2, 0.25) is 0 Å². The molecule has 0 aliphatic rings. The molecule has 0 amide bonds. The summed E-state index contributed by atoms with van der Waals surface area (Å²) in [6, 6.07) is 6.11. The van der Waals surface area contributed by atoms with E-state index in [2.05, 4.69) is 4.98 Å². The number of oxazole rings is 1. The predicted molar refractivity (Wildman–Crippen MR) is 63.2 cm³/mol. The highest BCUT2D eigenvalue weighted by Crippen LogP contribution is 2.30. The third-order valence-corrected chi connectivity index (χ3v) is 2.94. The Balaban J connectivity index is 2.31. The molecule has 18 heavy (non-hydrogen) atoms. The molecule has 0 N–H and O–H groups in total. The Morgan fingerprint density at radius 1 is 1.56 bits per heavy atom. The number of aromatic nitrogens is 1. The van der Waals surface area contributed by atoms with Crippen LogP contribution in [0.4, 0.5) is 5.69 Å². The van der Waals surface area contributed by atoms with Gasteiger partial charge in [-0.3, -0.25) is 10.1 Å². The quantitative estimate of drug-likeness (QED) is 0.623. The van der Waals surface area contributed by atoms with Gasteiger partial charge in [-0.2, -0.15) is 5.26 Å². The van der Waals surface area contributed by atoms with Gasteiger partial charge < -0.3 is 4.42 Å². The summed E-state index contributed by atoms with van der Waals surface area (Å²) in [6.07, 6.45) is 1.51. The first-order chi connectivity index (χ1) is 8.60. The number of nitro groups is 1. The van der Waals surface area contributed by atoms with Crippen molar-refractivity contribution in [3.63, 3.8) is 0 Å². The Labute approximate surface area is 106 Å². The summed E-state index contributed by atoms with van der Waals surface area (Å²) >= 11 is 1.21. The minimum Gasteiger partial charge on any atom is -0.439 e. The molecule has 1 aromatic heterocycles. The first-order valence-electron chi connectivity index (χ1n) is 4.88. The molecule has 2 aromatic rings. The van der Waals surface area contributed by atoms with Crippen LogP contribution in [0.25, 0.3) is 0 Å². The first kappa shape index (κ1) is 12.1. The van der Waals surface area contributed by atoms with Gasteiger partial charge in [-0.15, -0.1) is 0 Å². The molecule has 7 heteroatoms. The Morgan fingerprint density at radius 3 is 2.89 bits per heavy atom. The van der Waals surface area contributed by atoms with Gasteiger partial charge in [0, 0.05) is 11.0 Å². The zero-order valence-corrected chi connectivity index (χ0v) is 10.1. The van der Waals surface area contributed by atoms with E-state index >= 15 is 0 Å². The molecule has 0 saturated carbocycles. The molecule has 0 spiro atoms. The molecule has 0 saturated heterocycles. The van der Waals surface area contributed by atoms with Crippen LogP contribution in [0, 0.1) is 28.4 Å². The molecule has 0 bridgehead atoms. The SMILES string of the molecule is Cc1coc(Sc2ccc([N+](=O)[O-])c(C#N)c2)n1. The fourth-order valence-electron chi connectivity index (χ4n) is 1.31. The summed E-state index contributed by atoms with van der Waals surface area (Å²) in [5.41, 5.74) is 0.568. The number of rotatable bonds is 3. The lowest BCUT2D eigenvalue weighted by atomic mass is 10.2. The molecular weight excluding hydrogens is 254 g/mol. The fraction of sp³-hybridized carbons (Fsp3) is 0.0909. The van der Waals surface area contributed by atoms with Crippen molar-refractivity contribution in [1.29, 1.82) is 5.26 Å². The molecule has 0 aliphatic carbocycles. The van der Waals surface area contributed by atoms with E-state index in [0.717, 1.165) is 5.69 Å². The molecule has 6 nitrogen and oxygen atoms in total. The molecule has 2 rings (SSSR count). The number of hydrogen-bond donors (Lipinski definition) is 0. The summed E-state index contributed by atoms with van der Waals surface area (Å²) in [5.74, 6) is 0. The molecule has 0 atom stereocenters. The van der Waals surface area contributed by atoms with E-state index in [4.69, 9.17) is 9.68 Å². The highest BCUT2D eigenvalue weighted by Gasteiger charge is 2.15. The molecule has 1 aromatic carbocycles. The molecule has 0 unspecified atom stereocenters. The van der Waals surface area contributed by atoms with Crippen molar-refractivity contribution >= 4 is 17.4 Å². The first-order valence-corrected chi connectivity index (χ1v) is 5.70. The number of aryl methyl sites for hydroxylation is 1. The average molecular weight is 261 g/mol. The molecule has 90 valence electrons. The monoisotopic (exact) mass is 261 g/mol. The van der Waals surface area contributed by atoms with Gasteiger partial charge in [-0.1, -0.05) is 0 Å². The van der Waals surface area contributed by atoms with Gasteiger partial charge >= 0.3 is 0 Å².